The first kappa shape index (κ1) is 22.6. The van der Waals surface area contributed by atoms with Crippen LogP contribution in [0.5, 0.6) is 5.75 Å². The molecule has 6 nitrogen and oxygen atoms in total. The number of aryl methyl sites for hydroxylation is 1. The molecule has 1 N–H and O–H groups in total. The van der Waals surface area contributed by atoms with Gasteiger partial charge in [0.15, 0.2) is 0 Å². The smallest absolute Gasteiger partial charge is 0.295 e. The molecule has 164 valence electrons. The molecule has 1 atom stereocenters. The number of carbonyl (C=O) groups is 2. The second-order valence-corrected chi connectivity index (χ2v) is 7.58. The van der Waals surface area contributed by atoms with Gasteiger partial charge < -0.3 is 19.5 Å². The third kappa shape index (κ3) is 4.80. The van der Waals surface area contributed by atoms with Crippen molar-refractivity contribution in [3.05, 3.63) is 70.8 Å². The Morgan fingerprint density at radius 3 is 2.48 bits per heavy atom. The zero-order valence-corrected chi connectivity index (χ0v) is 18.3. The van der Waals surface area contributed by atoms with Gasteiger partial charge in [-0.05, 0) is 42.7 Å². The number of aliphatic hydroxyl groups is 1. The molecule has 1 aliphatic heterocycles. The molecule has 2 aromatic rings. The Morgan fingerprint density at radius 1 is 1.10 bits per heavy atom. The fourth-order valence-electron chi connectivity index (χ4n) is 3.72. The van der Waals surface area contributed by atoms with Gasteiger partial charge in [-0.1, -0.05) is 43.7 Å². The number of carbonyl (C=O) groups excluding carboxylic acids is 2. The van der Waals surface area contributed by atoms with Crippen LogP contribution in [-0.4, -0.2) is 48.6 Å². The Balaban J connectivity index is 2.03. The summed E-state index contributed by atoms with van der Waals surface area (Å²) in [5.74, 6) is -0.771. The second-order valence-electron chi connectivity index (χ2n) is 7.58. The van der Waals surface area contributed by atoms with Crippen molar-refractivity contribution < 1.29 is 24.2 Å². The number of ketones is 1. The number of ether oxygens (including phenoxy) is 2. The van der Waals surface area contributed by atoms with Gasteiger partial charge in [0.25, 0.3) is 11.7 Å². The van der Waals surface area contributed by atoms with Crippen molar-refractivity contribution in [2.75, 3.05) is 26.9 Å². The SMILES string of the molecule is CCCCOc1ccc(C(O)=C2C(=O)C(=O)N(CCOC)[C@H]2c2ccccc2)cc1C. The Hall–Kier alpha value is -3.12. The molecule has 1 aliphatic rings. The highest BCUT2D eigenvalue weighted by Crippen LogP contribution is 2.39. The number of rotatable bonds is 9. The minimum Gasteiger partial charge on any atom is -0.507 e. The molecule has 0 spiro atoms. The minimum atomic E-state index is -0.691. The Labute approximate surface area is 183 Å². The molecule has 0 bridgehead atoms. The Morgan fingerprint density at radius 2 is 1.84 bits per heavy atom. The van der Waals surface area contributed by atoms with Crippen molar-refractivity contribution in [2.24, 2.45) is 0 Å². The van der Waals surface area contributed by atoms with Crippen LogP contribution in [0.2, 0.25) is 0 Å². The highest BCUT2D eigenvalue weighted by molar-refractivity contribution is 6.46. The van der Waals surface area contributed by atoms with Crippen LogP contribution < -0.4 is 4.74 Å². The van der Waals surface area contributed by atoms with Crippen LogP contribution in [-0.2, 0) is 14.3 Å². The first-order chi connectivity index (χ1) is 15.0. The molecule has 0 aliphatic carbocycles. The molecular weight excluding hydrogens is 394 g/mol. The molecule has 6 heteroatoms. The Kier molecular flexibility index (Phi) is 7.47. The average Bonchev–Trinajstić information content (AvgIpc) is 3.03. The molecule has 1 saturated heterocycles. The van der Waals surface area contributed by atoms with Gasteiger partial charge in [0.1, 0.15) is 11.5 Å². The molecule has 1 fully saturated rings. The quantitative estimate of drug-likeness (QED) is 0.283. The lowest BCUT2D eigenvalue weighted by molar-refractivity contribution is -0.140. The van der Waals surface area contributed by atoms with E-state index in [1.54, 1.807) is 25.3 Å². The number of benzene rings is 2. The fraction of sp³-hybridized carbons (Fsp3) is 0.360. The summed E-state index contributed by atoms with van der Waals surface area (Å²) in [5.41, 5.74) is 2.18. The van der Waals surface area contributed by atoms with Crippen molar-refractivity contribution in [1.29, 1.82) is 0 Å². The molecule has 31 heavy (non-hydrogen) atoms. The third-order valence-electron chi connectivity index (χ3n) is 5.40. The summed E-state index contributed by atoms with van der Waals surface area (Å²) >= 11 is 0. The van der Waals surface area contributed by atoms with E-state index in [2.05, 4.69) is 6.92 Å². The van der Waals surface area contributed by atoms with Gasteiger partial charge in [0.05, 0.1) is 24.8 Å². The second kappa shape index (κ2) is 10.3. The topological polar surface area (TPSA) is 76.1 Å². The van der Waals surface area contributed by atoms with E-state index >= 15 is 0 Å². The highest BCUT2D eigenvalue weighted by Gasteiger charge is 2.45. The van der Waals surface area contributed by atoms with E-state index in [0.29, 0.717) is 18.8 Å². The van der Waals surface area contributed by atoms with E-state index in [0.717, 1.165) is 29.7 Å². The van der Waals surface area contributed by atoms with Crippen LogP contribution in [0.3, 0.4) is 0 Å². The van der Waals surface area contributed by atoms with Gasteiger partial charge >= 0.3 is 0 Å². The van der Waals surface area contributed by atoms with Crippen LogP contribution in [0, 0.1) is 6.92 Å². The molecule has 1 amide bonds. The summed E-state index contributed by atoms with van der Waals surface area (Å²) in [6, 6.07) is 13.9. The minimum absolute atomic E-state index is 0.0892. The van der Waals surface area contributed by atoms with Gasteiger partial charge in [-0.25, -0.2) is 0 Å². The summed E-state index contributed by atoms with van der Waals surface area (Å²) in [5, 5.41) is 11.1. The normalized spacial score (nSPS) is 17.9. The summed E-state index contributed by atoms with van der Waals surface area (Å²) < 4.78 is 10.9. The van der Waals surface area contributed by atoms with Gasteiger partial charge in [0, 0.05) is 19.2 Å². The monoisotopic (exact) mass is 423 g/mol. The fourth-order valence-corrected chi connectivity index (χ4v) is 3.72. The van der Waals surface area contributed by atoms with E-state index in [1.807, 2.05) is 37.3 Å². The van der Waals surface area contributed by atoms with Crippen LogP contribution in [0.15, 0.2) is 54.1 Å². The summed E-state index contributed by atoms with van der Waals surface area (Å²) in [6.07, 6.45) is 2.00. The lowest BCUT2D eigenvalue weighted by Gasteiger charge is -2.25. The largest absolute Gasteiger partial charge is 0.507 e. The molecule has 2 aromatic carbocycles. The molecule has 0 aromatic heterocycles. The van der Waals surface area contributed by atoms with Gasteiger partial charge in [-0.2, -0.15) is 0 Å². The van der Waals surface area contributed by atoms with Crippen molar-refractivity contribution in [2.45, 2.75) is 32.7 Å². The number of hydrogen-bond acceptors (Lipinski definition) is 5. The summed E-state index contributed by atoms with van der Waals surface area (Å²) in [6.45, 7) is 5.16. The number of unbranched alkanes of at least 4 members (excludes halogenated alkanes) is 1. The lowest BCUT2D eigenvalue weighted by atomic mass is 9.95. The number of nitrogens with zero attached hydrogens (tertiary/aromatic N) is 1. The van der Waals surface area contributed by atoms with Crippen LogP contribution >= 0.6 is 0 Å². The van der Waals surface area contributed by atoms with E-state index in [4.69, 9.17) is 9.47 Å². The van der Waals surface area contributed by atoms with Gasteiger partial charge in [0.2, 0.25) is 0 Å². The average molecular weight is 424 g/mol. The number of likely N-dealkylation sites (tertiary alicyclic amines) is 1. The Bertz CT molecular complexity index is 967. The van der Waals surface area contributed by atoms with Crippen molar-refractivity contribution >= 4 is 17.4 Å². The van der Waals surface area contributed by atoms with Crippen molar-refractivity contribution in [3.63, 3.8) is 0 Å². The predicted molar refractivity (Wildman–Crippen MR) is 119 cm³/mol. The third-order valence-corrected chi connectivity index (χ3v) is 5.40. The van der Waals surface area contributed by atoms with E-state index < -0.39 is 17.7 Å². The number of Topliss-reactive ketones (excluding diaryl/α,β-unsaturated/α-hetero) is 1. The molecular formula is C25H29NO5. The first-order valence-electron chi connectivity index (χ1n) is 10.6. The maximum atomic E-state index is 12.9. The van der Waals surface area contributed by atoms with Crippen LogP contribution in [0.4, 0.5) is 0 Å². The lowest BCUT2D eigenvalue weighted by Crippen LogP contribution is -2.32. The zero-order chi connectivity index (χ0) is 22.4. The van der Waals surface area contributed by atoms with E-state index in [9.17, 15) is 14.7 Å². The maximum absolute atomic E-state index is 12.9. The van der Waals surface area contributed by atoms with E-state index in [1.165, 1.54) is 4.90 Å². The number of amides is 1. The number of methoxy groups -OCH3 is 1. The standard InChI is InChI=1S/C25H29NO5/c1-4-5-14-31-20-12-11-19(16-17(20)2)23(27)21-22(18-9-7-6-8-10-18)26(13-15-30-3)25(29)24(21)28/h6-12,16,22,27H,4-5,13-15H2,1-3H3/t22-/m0/s1. The molecule has 3 rings (SSSR count). The number of aliphatic hydroxyl groups excluding tert-OH is 1. The zero-order valence-electron chi connectivity index (χ0n) is 18.3. The number of hydrogen-bond donors (Lipinski definition) is 1. The van der Waals surface area contributed by atoms with Gasteiger partial charge in [-0.15, -0.1) is 0 Å². The predicted octanol–water partition coefficient (Wildman–Crippen LogP) is 4.24. The van der Waals surface area contributed by atoms with Crippen molar-refractivity contribution in [3.8, 4) is 5.75 Å². The van der Waals surface area contributed by atoms with Gasteiger partial charge in [-0.3, -0.25) is 9.59 Å². The molecule has 0 radical (unpaired) electrons. The molecule has 0 unspecified atom stereocenters. The summed E-state index contributed by atoms with van der Waals surface area (Å²) in [4.78, 5) is 27.2. The molecule has 1 heterocycles. The van der Waals surface area contributed by atoms with Crippen LogP contribution in [0.1, 0.15) is 42.5 Å². The maximum Gasteiger partial charge on any atom is 0.295 e. The van der Waals surface area contributed by atoms with Crippen LogP contribution in [0.25, 0.3) is 5.76 Å². The van der Waals surface area contributed by atoms with Crippen molar-refractivity contribution in [1.82, 2.24) is 4.90 Å². The molecule has 0 saturated carbocycles. The first-order valence-corrected chi connectivity index (χ1v) is 10.6. The van der Waals surface area contributed by atoms with E-state index in [-0.39, 0.29) is 17.9 Å². The highest BCUT2D eigenvalue weighted by atomic mass is 16.5. The summed E-state index contributed by atoms with van der Waals surface area (Å²) in [7, 11) is 1.54.